The number of anilines is 1. The van der Waals surface area contributed by atoms with E-state index in [2.05, 4.69) is 4.72 Å². The van der Waals surface area contributed by atoms with Crippen LogP contribution in [-0.4, -0.2) is 36.9 Å². The summed E-state index contributed by atoms with van der Waals surface area (Å²) in [7, 11) is -4.13. The van der Waals surface area contributed by atoms with E-state index in [1.165, 1.54) is 18.2 Å². The van der Waals surface area contributed by atoms with E-state index in [1.54, 1.807) is 10.6 Å². The lowest BCUT2D eigenvalue weighted by molar-refractivity contribution is 0.0594. The largest absolute Gasteiger partial charge is 0.338 e. The third-order valence-electron chi connectivity index (χ3n) is 7.48. The van der Waals surface area contributed by atoms with Gasteiger partial charge >= 0.3 is 0 Å². The Balaban J connectivity index is 1.21. The number of nitrogens with zero attached hydrogens (tertiary/aromatic N) is 2. The number of aromatic nitrogens is 1. The summed E-state index contributed by atoms with van der Waals surface area (Å²) in [6, 6.07) is 25.4. The fraction of sp³-hybridized carbons (Fsp3) is 0.200. The molecule has 1 fully saturated rings. The summed E-state index contributed by atoms with van der Waals surface area (Å²) >= 11 is 0. The van der Waals surface area contributed by atoms with Gasteiger partial charge in [-0.15, -0.1) is 0 Å². The second-order valence-electron chi connectivity index (χ2n) is 10.1. The van der Waals surface area contributed by atoms with E-state index in [4.69, 9.17) is 0 Å². The van der Waals surface area contributed by atoms with E-state index in [9.17, 15) is 22.4 Å². The van der Waals surface area contributed by atoms with Crippen molar-refractivity contribution in [3.63, 3.8) is 0 Å². The normalized spacial score (nSPS) is 18.3. The van der Waals surface area contributed by atoms with Gasteiger partial charge in [-0.2, -0.15) is 0 Å². The molecular formula is C30H26FN3O4S. The van der Waals surface area contributed by atoms with Crippen LogP contribution in [0.5, 0.6) is 0 Å². The summed E-state index contributed by atoms with van der Waals surface area (Å²) < 4.78 is 43.0. The Labute approximate surface area is 225 Å². The average Bonchev–Trinajstić information content (AvgIpc) is 2.95. The second-order valence-corrected chi connectivity index (χ2v) is 11.8. The van der Waals surface area contributed by atoms with Crippen LogP contribution >= 0.6 is 0 Å². The maximum Gasteiger partial charge on any atom is 0.275 e. The standard InChI is InChI=1S/C30H26FN3O4S/c31-25-7-4-8-26(16-25)39(37,38)32-27-13-14-28-24-15-20(18-34(28)30(27)36)17-33(19-24)29(35)23-11-9-22(10-12-23)21-5-2-1-3-6-21/h1-14,16,20,24,32H,15,17-19H2. The van der Waals surface area contributed by atoms with Crippen LogP contribution in [0.15, 0.2) is 101 Å². The summed E-state index contributed by atoms with van der Waals surface area (Å²) in [4.78, 5) is 28.3. The predicted octanol–water partition coefficient (Wildman–Crippen LogP) is 4.71. The molecule has 39 heavy (non-hydrogen) atoms. The van der Waals surface area contributed by atoms with Gasteiger partial charge in [0.1, 0.15) is 11.5 Å². The lowest BCUT2D eigenvalue weighted by Gasteiger charge is -2.43. The molecule has 0 spiro atoms. The molecule has 2 unspecified atom stereocenters. The van der Waals surface area contributed by atoms with E-state index >= 15 is 0 Å². The maximum absolute atomic E-state index is 13.6. The van der Waals surface area contributed by atoms with Crippen molar-refractivity contribution in [2.75, 3.05) is 17.8 Å². The summed E-state index contributed by atoms with van der Waals surface area (Å²) in [6.45, 7) is 1.38. The first-order valence-corrected chi connectivity index (χ1v) is 14.2. The zero-order valence-corrected chi connectivity index (χ0v) is 21.8. The molecule has 3 aromatic carbocycles. The minimum Gasteiger partial charge on any atom is -0.338 e. The van der Waals surface area contributed by atoms with Crippen LogP contribution in [0.3, 0.4) is 0 Å². The number of fused-ring (bicyclic) bond motifs is 4. The molecule has 2 atom stereocenters. The molecule has 0 radical (unpaired) electrons. The summed E-state index contributed by atoms with van der Waals surface area (Å²) in [6.07, 6.45) is 0.852. The highest BCUT2D eigenvalue weighted by Crippen LogP contribution is 2.36. The van der Waals surface area contributed by atoms with Gasteiger partial charge in [0.15, 0.2) is 0 Å². The first kappa shape index (κ1) is 25.1. The van der Waals surface area contributed by atoms with Crippen molar-refractivity contribution in [1.29, 1.82) is 0 Å². The molecule has 198 valence electrons. The zero-order chi connectivity index (χ0) is 27.1. The molecule has 1 N–H and O–H groups in total. The Morgan fingerprint density at radius 1 is 0.846 bits per heavy atom. The van der Waals surface area contributed by atoms with Gasteiger partial charge in [-0.25, -0.2) is 12.8 Å². The Hall–Kier alpha value is -4.24. The number of hydrogen-bond donors (Lipinski definition) is 1. The first-order valence-electron chi connectivity index (χ1n) is 12.8. The Bertz CT molecular complexity index is 1720. The van der Waals surface area contributed by atoms with Crippen molar-refractivity contribution in [3.8, 4) is 11.1 Å². The molecule has 0 saturated carbocycles. The third-order valence-corrected chi connectivity index (χ3v) is 8.84. The van der Waals surface area contributed by atoms with Gasteiger partial charge in [-0.05, 0) is 65.9 Å². The fourth-order valence-corrected chi connectivity index (χ4v) is 6.73. The molecule has 1 aromatic heterocycles. The van der Waals surface area contributed by atoms with Crippen molar-refractivity contribution in [3.05, 3.63) is 118 Å². The van der Waals surface area contributed by atoms with Crippen LogP contribution in [0, 0.1) is 11.7 Å². The minimum absolute atomic E-state index is 0.0355. The molecule has 9 heteroatoms. The number of nitrogens with one attached hydrogen (secondary N) is 1. The predicted molar refractivity (Wildman–Crippen MR) is 147 cm³/mol. The van der Waals surface area contributed by atoms with E-state index in [0.717, 1.165) is 35.4 Å². The van der Waals surface area contributed by atoms with Crippen LogP contribution in [0.2, 0.25) is 0 Å². The quantitative estimate of drug-likeness (QED) is 0.395. The van der Waals surface area contributed by atoms with Crippen LogP contribution in [-0.2, 0) is 16.6 Å². The van der Waals surface area contributed by atoms with Crippen LogP contribution in [0.4, 0.5) is 10.1 Å². The van der Waals surface area contributed by atoms with Crippen LogP contribution in [0.1, 0.15) is 28.4 Å². The molecule has 6 rings (SSSR count). The van der Waals surface area contributed by atoms with Gasteiger partial charge < -0.3 is 9.47 Å². The highest BCUT2D eigenvalue weighted by atomic mass is 32.2. The number of hydrogen-bond acceptors (Lipinski definition) is 4. The Morgan fingerprint density at radius 2 is 1.59 bits per heavy atom. The maximum atomic E-state index is 13.6. The highest BCUT2D eigenvalue weighted by Gasteiger charge is 2.37. The molecule has 2 aliphatic rings. The molecule has 3 heterocycles. The fourth-order valence-electron chi connectivity index (χ4n) is 5.65. The summed E-state index contributed by atoms with van der Waals surface area (Å²) in [5.74, 6) is -0.693. The van der Waals surface area contributed by atoms with Crippen molar-refractivity contribution in [1.82, 2.24) is 9.47 Å². The molecular weight excluding hydrogens is 517 g/mol. The van der Waals surface area contributed by atoms with Gasteiger partial charge in [0.2, 0.25) is 0 Å². The van der Waals surface area contributed by atoms with Gasteiger partial charge in [-0.3, -0.25) is 14.3 Å². The number of benzene rings is 3. The molecule has 2 aliphatic heterocycles. The number of sulfonamides is 1. The smallest absolute Gasteiger partial charge is 0.275 e. The second kappa shape index (κ2) is 9.81. The van der Waals surface area contributed by atoms with Gasteiger partial charge in [0.05, 0.1) is 4.90 Å². The summed E-state index contributed by atoms with van der Waals surface area (Å²) in [5, 5.41) is 0. The number of amides is 1. The zero-order valence-electron chi connectivity index (χ0n) is 21.0. The number of piperidine rings is 1. The van der Waals surface area contributed by atoms with E-state index in [1.807, 2.05) is 59.5 Å². The number of carbonyl (C=O) groups is 1. The lowest BCUT2D eigenvalue weighted by Crippen LogP contribution is -2.49. The number of halogens is 1. The molecule has 1 saturated heterocycles. The molecule has 0 aliphatic carbocycles. The van der Waals surface area contributed by atoms with Gasteiger partial charge in [-0.1, -0.05) is 48.5 Å². The van der Waals surface area contributed by atoms with Crippen molar-refractivity contribution in [2.24, 2.45) is 5.92 Å². The van der Waals surface area contributed by atoms with Crippen LogP contribution < -0.4 is 10.3 Å². The lowest BCUT2D eigenvalue weighted by atomic mass is 9.83. The number of carbonyl (C=O) groups excluding carboxylic acids is 1. The molecule has 4 aromatic rings. The number of rotatable bonds is 5. The van der Waals surface area contributed by atoms with Crippen molar-refractivity contribution in [2.45, 2.75) is 23.8 Å². The van der Waals surface area contributed by atoms with E-state index in [-0.39, 0.29) is 28.3 Å². The topological polar surface area (TPSA) is 88.5 Å². The molecule has 1 amide bonds. The van der Waals surface area contributed by atoms with E-state index in [0.29, 0.717) is 25.2 Å². The Morgan fingerprint density at radius 3 is 2.33 bits per heavy atom. The average molecular weight is 544 g/mol. The minimum atomic E-state index is -4.13. The highest BCUT2D eigenvalue weighted by molar-refractivity contribution is 7.92. The van der Waals surface area contributed by atoms with Gasteiger partial charge in [0.25, 0.3) is 21.5 Å². The third kappa shape index (κ3) is 4.85. The van der Waals surface area contributed by atoms with Crippen molar-refractivity contribution < 1.29 is 17.6 Å². The molecule has 7 nitrogen and oxygen atoms in total. The van der Waals surface area contributed by atoms with E-state index < -0.39 is 21.4 Å². The monoisotopic (exact) mass is 543 g/mol. The Kier molecular flexibility index (Phi) is 6.31. The SMILES string of the molecule is O=C(c1ccc(-c2ccccc2)cc1)N1CC2CC(C1)c1ccc(NS(=O)(=O)c3cccc(F)c3)c(=O)n1C2. The van der Waals surface area contributed by atoms with Gasteiger partial charge in [0, 0.05) is 36.8 Å². The van der Waals surface area contributed by atoms with Crippen LogP contribution in [0.25, 0.3) is 11.1 Å². The number of likely N-dealkylation sites (tertiary alicyclic amines) is 1. The first-order chi connectivity index (χ1) is 18.8. The summed E-state index contributed by atoms with van der Waals surface area (Å²) in [5.41, 5.74) is 2.99. The van der Waals surface area contributed by atoms with Crippen molar-refractivity contribution >= 4 is 21.6 Å². The number of pyridine rings is 1. The molecule has 2 bridgehead atoms.